The van der Waals surface area contributed by atoms with E-state index >= 15 is 0 Å². The van der Waals surface area contributed by atoms with Crippen LogP contribution >= 0.6 is 0 Å². The molecular formula is C9H17N3O2. The van der Waals surface area contributed by atoms with Crippen molar-refractivity contribution in [3.63, 3.8) is 0 Å². The summed E-state index contributed by atoms with van der Waals surface area (Å²) in [5, 5.41) is 11.3. The van der Waals surface area contributed by atoms with E-state index in [9.17, 15) is 0 Å². The summed E-state index contributed by atoms with van der Waals surface area (Å²) < 4.78 is 5.06. The van der Waals surface area contributed by atoms with Crippen LogP contribution in [0.15, 0.2) is 12.4 Å². The minimum atomic E-state index is -0.0150. The molecule has 0 fully saturated rings. The molecule has 0 aromatic carbocycles. The molecule has 5 nitrogen and oxygen atoms in total. The lowest BCUT2D eigenvalue weighted by molar-refractivity contribution is 0.196. The first kappa shape index (κ1) is 12.6. The van der Waals surface area contributed by atoms with E-state index in [1.54, 1.807) is 13.1 Å². The van der Waals surface area contributed by atoms with Crippen LogP contribution in [-0.4, -0.2) is 35.3 Å². The van der Waals surface area contributed by atoms with Crippen molar-refractivity contribution in [2.24, 2.45) is 0 Å². The third kappa shape index (κ3) is 4.61. The lowest BCUT2D eigenvalue weighted by Gasteiger charge is -2.03. The molecule has 0 unspecified atom stereocenters. The molecule has 80 valence electrons. The number of nitrogens with zero attached hydrogens (tertiary/aromatic N) is 2. The third-order valence-corrected chi connectivity index (χ3v) is 1.24. The van der Waals surface area contributed by atoms with E-state index in [1.165, 1.54) is 6.33 Å². The number of anilines is 1. The Kier molecular flexibility index (Phi) is 7.45. The second kappa shape index (κ2) is 8.25. The van der Waals surface area contributed by atoms with Crippen molar-refractivity contribution in [1.82, 2.24) is 9.97 Å². The van der Waals surface area contributed by atoms with Gasteiger partial charge in [0.25, 0.3) is 0 Å². The van der Waals surface area contributed by atoms with Gasteiger partial charge in [-0.2, -0.15) is 0 Å². The minimum Gasteiger partial charge on any atom is -0.475 e. The van der Waals surface area contributed by atoms with Crippen LogP contribution in [0.4, 0.5) is 5.82 Å². The molecule has 0 saturated carbocycles. The Balaban J connectivity index is 0.000000791. The van der Waals surface area contributed by atoms with Crippen LogP contribution < -0.4 is 10.1 Å². The normalized spacial score (nSPS) is 8.57. The molecule has 1 heterocycles. The van der Waals surface area contributed by atoms with Gasteiger partial charge in [0.2, 0.25) is 5.88 Å². The highest BCUT2D eigenvalue weighted by Gasteiger charge is 1.96. The van der Waals surface area contributed by atoms with E-state index in [0.717, 1.165) is 0 Å². The summed E-state index contributed by atoms with van der Waals surface area (Å²) in [4.78, 5) is 7.74. The zero-order valence-corrected chi connectivity index (χ0v) is 8.82. The first-order valence-electron chi connectivity index (χ1n) is 4.60. The largest absolute Gasteiger partial charge is 0.475 e. The maximum atomic E-state index is 8.47. The van der Waals surface area contributed by atoms with Crippen molar-refractivity contribution in [3.8, 4) is 5.88 Å². The topological polar surface area (TPSA) is 67.3 Å². The van der Waals surface area contributed by atoms with E-state index in [-0.39, 0.29) is 13.2 Å². The van der Waals surface area contributed by atoms with Crippen molar-refractivity contribution in [1.29, 1.82) is 0 Å². The third-order valence-electron chi connectivity index (χ3n) is 1.24. The summed E-state index contributed by atoms with van der Waals surface area (Å²) in [6, 6.07) is 1.66. The number of hydrogen-bond acceptors (Lipinski definition) is 5. The van der Waals surface area contributed by atoms with E-state index in [0.29, 0.717) is 11.7 Å². The number of rotatable bonds is 4. The first-order chi connectivity index (χ1) is 6.86. The summed E-state index contributed by atoms with van der Waals surface area (Å²) in [6.45, 7) is 4.24. The van der Waals surface area contributed by atoms with Crippen LogP contribution in [0, 0.1) is 0 Å². The molecule has 5 heteroatoms. The monoisotopic (exact) mass is 199 g/mol. The number of aliphatic hydroxyl groups excluding tert-OH is 1. The van der Waals surface area contributed by atoms with Gasteiger partial charge in [-0.1, -0.05) is 13.8 Å². The molecule has 0 amide bonds. The SMILES string of the molecule is CC.CNc1cc(OCCO)ncn1. The fraction of sp³-hybridized carbons (Fsp3) is 0.556. The molecule has 0 bridgehead atoms. The maximum Gasteiger partial charge on any atom is 0.218 e. The number of aliphatic hydroxyl groups is 1. The Bertz CT molecular complexity index is 243. The maximum absolute atomic E-state index is 8.47. The highest BCUT2D eigenvalue weighted by Crippen LogP contribution is 2.09. The van der Waals surface area contributed by atoms with E-state index in [2.05, 4.69) is 15.3 Å². The van der Waals surface area contributed by atoms with Crippen molar-refractivity contribution in [2.75, 3.05) is 25.6 Å². The zero-order chi connectivity index (χ0) is 10.8. The Morgan fingerprint density at radius 2 is 2.14 bits per heavy atom. The Morgan fingerprint density at radius 1 is 1.43 bits per heavy atom. The highest BCUT2D eigenvalue weighted by molar-refractivity contribution is 5.35. The van der Waals surface area contributed by atoms with Gasteiger partial charge in [0.15, 0.2) is 0 Å². The Labute approximate surface area is 84.2 Å². The average Bonchev–Trinajstić information content (AvgIpc) is 2.29. The minimum absolute atomic E-state index is 0.0150. The molecule has 1 rings (SSSR count). The van der Waals surface area contributed by atoms with Gasteiger partial charge in [0, 0.05) is 13.1 Å². The fourth-order valence-electron chi connectivity index (χ4n) is 0.705. The van der Waals surface area contributed by atoms with Crippen molar-refractivity contribution in [3.05, 3.63) is 12.4 Å². The average molecular weight is 199 g/mol. The first-order valence-corrected chi connectivity index (χ1v) is 4.60. The summed E-state index contributed by atoms with van der Waals surface area (Å²) in [7, 11) is 1.76. The lowest BCUT2D eigenvalue weighted by atomic mass is 10.5. The molecule has 0 aliphatic heterocycles. The molecule has 0 radical (unpaired) electrons. The van der Waals surface area contributed by atoms with Gasteiger partial charge in [-0.05, 0) is 0 Å². The predicted molar refractivity (Wildman–Crippen MR) is 55.5 cm³/mol. The van der Waals surface area contributed by atoms with Gasteiger partial charge in [0.05, 0.1) is 6.61 Å². The number of ether oxygens (including phenoxy) is 1. The quantitative estimate of drug-likeness (QED) is 0.754. The number of aromatic nitrogens is 2. The Morgan fingerprint density at radius 3 is 2.71 bits per heavy atom. The van der Waals surface area contributed by atoms with Gasteiger partial charge in [-0.25, -0.2) is 9.97 Å². The van der Waals surface area contributed by atoms with Gasteiger partial charge in [-0.15, -0.1) is 0 Å². The second-order valence-electron chi connectivity index (χ2n) is 2.06. The van der Waals surface area contributed by atoms with Gasteiger partial charge < -0.3 is 15.2 Å². The van der Waals surface area contributed by atoms with Crippen molar-refractivity contribution in [2.45, 2.75) is 13.8 Å². The van der Waals surface area contributed by atoms with Crippen LogP contribution in [0.5, 0.6) is 5.88 Å². The van der Waals surface area contributed by atoms with Gasteiger partial charge in [0.1, 0.15) is 18.8 Å². The van der Waals surface area contributed by atoms with Gasteiger partial charge >= 0.3 is 0 Å². The molecular weight excluding hydrogens is 182 g/mol. The van der Waals surface area contributed by atoms with Crippen molar-refractivity contribution >= 4 is 5.82 Å². The summed E-state index contributed by atoms with van der Waals surface area (Å²) in [5.74, 6) is 1.15. The van der Waals surface area contributed by atoms with Crippen LogP contribution in [-0.2, 0) is 0 Å². The molecule has 1 aromatic heterocycles. The molecule has 0 saturated heterocycles. The smallest absolute Gasteiger partial charge is 0.218 e. The number of nitrogens with one attached hydrogen (secondary N) is 1. The van der Waals surface area contributed by atoms with E-state index < -0.39 is 0 Å². The summed E-state index contributed by atoms with van der Waals surface area (Å²) >= 11 is 0. The molecule has 0 aliphatic rings. The lowest BCUT2D eigenvalue weighted by Crippen LogP contribution is -2.04. The van der Waals surface area contributed by atoms with E-state index in [4.69, 9.17) is 9.84 Å². The molecule has 0 spiro atoms. The Hall–Kier alpha value is -1.36. The molecule has 0 aliphatic carbocycles. The zero-order valence-electron chi connectivity index (χ0n) is 8.82. The standard InChI is InChI=1S/C7H11N3O2.C2H6/c1-8-6-4-7(10-5-9-6)12-3-2-11;1-2/h4-5,11H,2-3H2,1H3,(H,8,9,10);1-2H3. The van der Waals surface area contributed by atoms with Crippen LogP contribution in [0.3, 0.4) is 0 Å². The summed E-state index contributed by atoms with van der Waals surface area (Å²) in [6.07, 6.45) is 1.40. The van der Waals surface area contributed by atoms with E-state index in [1.807, 2.05) is 13.8 Å². The fourth-order valence-corrected chi connectivity index (χ4v) is 0.705. The van der Waals surface area contributed by atoms with Crippen LogP contribution in [0.1, 0.15) is 13.8 Å². The molecule has 2 N–H and O–H groups in total. The van der Waals surface area contributed by atoms with Gasteiger partial charge in [-0.3, -0.25) is 0 Å². The highest BCUT2D eigenvalue weighted by atomic mass is 16.5. The molecule has 14 heavy (non-hydrogen) atoms. The van der Waals surface area contributed by atoms with Crippen molar-refractivity contribution < 1.29 is 9.84 Å². The molecule has 0 atom stereocenters. The molecule has 1 aromatic rings. The van der Waals surface area contributed by atoms with Crippen LogP contribution in [0.25, 0.3) is 0 Å². The number of hydrogen-bond donors (Lipinski definition) is 2. The summed E-state index contributed by atoms with van der Waals surface area (Å²) in [5.41, 5.74) is 0. The predicted octanol–water partition coefficient (Wildman–Crippen LogP) is 0.916. The van der Waals surface area contributed by atoms with Crippen LogP contribution in [0.2, 0.25) is 0 Å². The second-order valence-corrected chi connectivity index (χ2v) is 2.06.